The van der Waals surface area contributed by atoms with E-state index in [1.54, 1.807) is 18.2 Å². The first kappa shape index (κ1) is 16.8. The number of aliphatic carboxylic acids is 1. The van der Waals surface area contributed by atoms with Crippen LogP contribution in [0.3, 0.4) is 0 Å². The zero-order valence-corrected chi connectivity index (χ0v) is 14.3. The van der Waals surface area contributed by atoms with Crippen LogP contribution in [-0.2, 0) is 9.59 Å². The highest BCUT2D eigenvalue weighted by Gasteiger charge is 2.15. The van der Waals surface area contributed by atoms with E-state index in [0.29, 0.717) is 22.7 Å². The first-order chi connectivity index (χ1) is 13.1. The molecule has 0 radical (unpaired) electrons. The molecular weight excluding hydrogens is 344 g/mol. The van der Waals surface area contributed by atoms with Crippen molar-refractivity contribution in [1.82, 2.24) is 4.98 Å². The van der Waals surface area contributed by atoms with E-state index >= 15 is 0 Å². The lowest BCUT2D eigenvalue weighted by atomic mass is 10.1. The molecule has 6 nitrogen and oxygen atoms in total. The predicted octanol–water partition coefficient (Wildman–Crippen LogP) is 4.45. The van der Waals surface area contributed by atoms with Crippen molar-refractivity contribution in [1.29, 1.82) is 0 Å². The standard InChI is InChI=1S/C21H16N2O4/c24-18(11-12-19(25)26)22-16-8-4-3-7-15(16)21-23-17-10-9-13-5-1-2-6-14(13)20(17)27-21/h1-10H,11-12H2,(H,22,24)(H,25,26). The lowest BCUT2D eigenvalue weighted by Gasteiger charge is -2.08. The molecule has 0 aliphatic heterocycles. The summed E-state index contributed by atoms with van der Waals surface area (Å²) >= 11 is 0. The van der Waals surface area contributed by atoms with Gasteiger partial charge in [-0.15, -0.1) is 0 Å². The van der Waals surface area contributed by atoms with Gasteiger partial charge >= 0.3 is 5.97 Å². The Balaban J connectivity index is 1.72. The van der Waals surface area contributed by atoms with E-state index in [9.17, 15) is 9.59 Å². The number of aromatic nitrogens is 1. The Morgan fingerprint density at radius 3 is 2.59 bits per heavy atom. The molecule has 27 heavy (non-hydrogen) atoms. The number of nitrogens with one attached hydrogen (secondary N) is 1. The molecule has 0 spiro atoms. The van der Waals surface area contributed by atoms with Gasteiger partial charge in [0.2, 0.25) is 11.8 Å². The van der Waals surface area contributed by atoms with Gasteiger partial charge in [0.05, 0.1) is 17.7 Å². The van der Waals surface area contributed by atoms with Crippen LogP contribution in [0.5, 0.6) is 0 Å². The first-order valence-electron chi connectivity index (χ1n) is 8.51. The number of hydrogen-bond acceptors (Lipinski definition) is 4. The van der Waals surface area contributed by atoms with Gasteiger partial charge in [0.25, 0.3) is 0 Å². The van der Waals surface area contributed by atoms with Crippen LogP contribution < -0.4 is 5.32 Å². The van der Waals surface area contributed by atoms with Gasteiger partial charge in [-0.2, -0.15) is 0 Å². The quantitative estimate of drug-likeness (QED) is 0.548. The molecule has 1 heterocycles. The summed E-state index contributed by atoms with van der Waals surface area (Å²) in [7, 11) is 0. The highest BCUT2D eigenvalue weighted by atomic mass is 16.4. The number of carboxylic acids is 1. The molecule has 4 rings (SSSR count). The number of carboxylic acid groups (broad SMARTS) is 1. The van der Waals surface area contributed by atoms with Crippen molar-refractivity contribution in [3.63, 3.8) is 0 Å². The van der Waals surface area contributed by atoms with Crippen molar-refractivity contribution < 1.29 is 19.1 Å². The monoisotopic (exact) mass is 360 g/mol. The summed E-state index contributed by atoms with van der Waals surface area (Å²) < 4.78 is 6.03. The Bertz CT molecular complexity index is 1160. The SMILES string of the molecule is O=C(O)CCC(=O)Nc1ccccc1-c1nc2ccc3ccccc3c2o1. The maximum absolute atomic E-state index is 12.0. The Kier molecular flexibility index (Phi) is 4.30. The van der Waals surface area contributed by atoms with Crippen LogP contribution in [0.1, 0.15) is 12.8 Å². The van der Waals surface area contributed by atoms with E-state index in [4.69, 9.17) is 9.52 Å². The van der Waals surface area contributed by atoms with Gasteiger partial charge in [-0.25, -0.2) is 4.98 Å². The average Bonchev–Trinajstić information content (AvgIpc) is 3.11. The lowest BCUT2D eigenvalue weighted by molar-refractivity contribution is -0.138. The molecule has 0 aliphatic carbocycles. The van der Waals surface area contributed by atoms with Crippen molar-refractivity contribution in [2.24, 2.45) is 0 Å². The van der Waals surface area contributed by atoms with E-state index in [1.807, 2.05) is 42.5 Å². The average molecular weight is 360 g/mol. The molecule has 0 atom stereocenters. The minimum atomic E-state index is -1.01. The molecular formula is C21H16N2O4. The summed E-state index contributed by atoms with van der Waals surface area (Å²) in [5.74, 6) is -0.980. The third kappa shape index (κ3) is 3.37. The Hall–Kier alpha value is -3.67. The molecule has 4 aromatic rings. The highest BCUT2D eigenvalue weighted by molar-refractivity contribution is 6.04. The highest BCUT2D eigenvalue weighted by Crippen LogP contribution is 2.33. The second-order valence-electron chi connectivity index (χ2n) is 6.14. The van der Waals surface area contributed by atoms with Crippen molar-refractivity contribution in [3.8, 4) is 11.5 Å². The molecule has 0 saturated carbocycles. The van der Waals surface area contributed by atoms with Gasteiger partial charge in [-0.1, -0.05) is 42.5 Å². The fourth-order valence-electron chi connectivity index (χ4n) is 2.98. The zero-order chi connectivity index (χ0) is 18.8. The molecule has 134 valence electrons. The van der Waals surface area contributed by atoms with E-state index < -0.39 is 5.97 Å². The number of nitrogens with zero attached hydrogens (tertiary/aromatic N) is 1. The predicted molar refractivity (Wildman–Crippen MR) is 102 cm³/mol. The fraction of sp³-hybridized carbons (Fsp3) is 0.0952. The second-order valence-corrected chi connectivity index (χ2v) is 6.14. The summed E-state index contributed by atoms with van der Waals surface area (Å²) in [6, 6.07) is 18.9. The summed E-state index contributed by atoms with van der Waals surface area (Å²) in [5, 5.41) is 13.5. The minimum absolute atomic E-state index is 0.0954. The molecule has 0 unspecified atom stereocenters. The van der Waals surface area contributed by atoms with Crippen LogP contribution >= 0.6 is 0 Å². The number of amides is 1. The van der Waals surface area contributed by atoms with Crippen LogP contribution in [0.15, 0.2) is 65.1 Å². The molecule has 3 aromatic carbocycles. The first-order valence-corrected chi connectivity index (χ1v) is 8.51. The van der Waals surface area contributed by atoms with Crippen molar-refractivity contribution in [3.05, 3.63) is 60.7 Å². The van der Waals surface area contributed by atoms with Gasteiger partial charge in [0, 0.05) is 11.8 Å². The Morgan fingerprint density at radius 2 is 1.74 bits per heavy atom. The number of para-hydroxylation sites is 1. The number of oxazole rings is 1. The normalized spacial score (nSPS) is 11.0. The summed E-state index contributed by atoms with van der Waals surface area (Å²) in [6.07, 6.45) is -0.315. The van der Waals surface area contributed by atoms with E-state index in [-0.39, 0.29) is 18.7 Å². The topological polar surface area (TPSA) is 92.4 Å². The minimum Gasteiger partial charge on any atom is -0.481 e. The third-order valence-electron chi connectivity index (χ3n) is 4.28. The number of fused-ring (bicyclic) bond motifs is 3. The molecule has 0 aliphatic rings. The maximum atomic E-state index is 12.0. The summed E-state index contributed by atoms with van der Waals surface area (Å²) in [4.78, 5) is 27.2. The number of benzene rings is 3. The summed E-state index contributed by atoms with van der Waals surface area (Å²) in [5.41, 5.74) is 2.59. The molecule has 2 N–H and O–H groups in total. The molecule has 1 aromatic heterocycles. The number of carbonyl (C=O) groups excluding carboxylic acids is 1. The number of carbonyl (C=O) groups is 2. The van der Waals surface area contributed by atoms with Gasteiger partial charge < -0.3 is 14.8 Å². The smallest absolute Gasteiger partial charge is 0.303 e. The Labute approximate surface area is 154 Å². The largest absolute Gasteiger partial charge is 0.481 e. The molecule has 0 fully saturated rings. The zero-order valence-electron chi connectivity index (χ0n) is 14.3. The van der Waals surface area contributed by atoms with Crippen LogP contribution in [-0.4, -0.2) is 22.0 Å². The van der Waals surface area contributed by atoms with Crippen molar-refractivity contribution in [2.75, 3.05) is 5.32 Å². The maximum Gasteiger partial charge on any atom is 0.303 e. The number of hydrogen-bond donors (Lipinski definition) is 2. The van der Waals surface area contributed by atoms with E-state index in [0.717, 1.165) is 16.3 Å². The van der Waals surface area contributed by atoms with Crippen LogP contribution in [0.4, 0.5) is 5.69 Å². The molecule has 6 heteroatoms. The van der Waals surface area contributed by atoms with Gasteiger partial charge in [-0.05, 0) is 23.6 Å². The second kappa shape index (κ2) is 6.92. The third-order valence-corrected chi connectivity index (χ3v) is 4.28. The summed E-state index contributed by atoms with van der Waals surface area (Å²) in [6.45, 7) is 0. The molecule has 0 bridgehead atoms. The van der Waals surface area contributed by atoms with Crippen LogP contribution in [0.2, 0.25) is 0 Å². The molecule has 1 amide bonds. The lowest BCUT2D eigenvalue weighted by Crippen LogP contribution is -2.13. The molecule has 0 saturated heterocycles. The number of anilines is 1. The van der Waals surface area contributed by atoms with Crippen molar-refractivity contribution in [2.45, 2.75) is 12.8 Å². The van der Waals surface area contributed by atoms with Crippen LogP contribution in [0.25, 0.3) is 33.3 Å². The van der Waals surface area contributed by atoms with Gasteiger partial charge in [0.1, 0.15) is 5.52 Å². The number of rotatable bonds is 5. The van der Waals surface area contributed by atoms with Crippen molar-refractivity contribution >= 4 is 39.4 Å². The van der Waals surface area contributed by atoms with E-state index in [2.05, 4.69) is 10.3 Å². The Morgan fingerprint density at radius 1 is 0.963 bits per heavy atom. The fourth-order valence-corrected chi connectivity index (χ4v) is 2.98. The van der Waals surface area contributed by atoms with Crippen LogP contribution in [0, 0.1) is 0 Å². The van der Waals surface area contributed by atoms with Gasteiger partial charge in [0.15, 0.2) is 5.58 Å². The van der Waals surface area contributed by atoms with Gasteiger partial charge in [-0.3, -0.25) is 9.59 Å². The van der Waals surface area contributed by atoms with E-state index in [1.165, 1.54) is 0 Å².